The quantitative estimate of drug-likeness (QED) is 0.823. The molecule has 1 N–H and O–H groups in total. The maximum atomic E-state index is 12.0. The fourth-order valence-electron chi connectivity index (χ4n) is 1.88. The molecule has 0 unspecified atom stereocenters. The number of hydrogen-bond donors (Lipinski definition) is 1. The molecule has 1 amide bonds. The molecule has 6 heteroatoms. The number of ether oxygens (including phenoxy) is 2. The van der Waals surface area contributed by atoms with Gasteiger partial charge < -0.3 is 14.4 Å². The average molecular weight is 239 g/mol. The van der Waals surface area contributed by atoms with Gasteiger partial charge in [-0.3, -0.25) is 9.89 Å². The number of amides is 1. The molecule has 1 fully saturated rings. The lowest BCUT2D eigenvalue weighted by molar-refractivity contribution is -0.145. The number of hydrogen-bond acceptors (Lipinski definition) is 4. The maximum Gasteiger partial charge on any atom is 0.249 e. The van der Waals surface area contributed by atoms with Crippen LogP contribution in [-0.2, 0) is 14.3 Å². The predicted octanol–water partition coefficient (Wildman–Crippen LogP) is 0.346. The lowest BCUT2D eigenvalue weighted by Gasteiger charge is -2.34. The lowest BCUT2D eigenvalue weighted by Crippen LogP contribution is -2.45. The molecule has 0 spiro atoms. The first-order valence-corrected chi connectivity index (χ1v) is 5.77. The molecular weight excluding hydrogens is 222 g/mol. The summed E-state index contributed by atoms with van der Waals surface area (Å²) in [5.41, 5.74) is 0.898. The van der Waals surface area contributed by atoms with Crippen LogP contribution < -0.4 is 0 Å². The van der Waals surface area contributed by atoms with E-state index in [0.29, 0.717) is 26.4 Å². The average Bonchev–Trinajstić information content (AvgIpc) is 2.89. The molecule has 17 heavy (non-hydrogen) atoms. The fraction of sp³-hybridized carbons (Fsp3) is 0.636. The van der Waals surface area contributed by atoms with E-state index < -0.39 is 0 Å². The first-order valence-electron chi connectivity index (χ1n) is 5.77. The fourth-order valence-corrected chi connectivity index (χ4v) is 1.88. The molecule has 1 saturated heterocycles. The summed E-state index contributed by atoms with van der Waals surface area (Å²) in [6.07, 6.45) is 1.68. The Kier molecular flexibility index (Phi) is 4.11. The van der Waals surface area contributed by atoms with Crippen molar-refractivity contribution in [3.05, 3.63) is 18.0 Å². The Hall–Kier alpha value is -1.40. The summed E-state index contributed by atoms with van der Waals surface area (Å²) in [5.74, 6) is -0.00486. The van der Waals surface area contributed by atoms with Crippen molar-refractivity contribution < 1.29 is 14.3 Å². The van der Waals surface area contributed by atoms with Gasteiger partial charge in [-0.2, -0.15) is 5.10 Å². The number of aromatic amines is 1. The third kappa shape index (κ3) is 2.83. The number of morpholine rings is 1. The molecule has 1 aromatic heterocycles. The zero-order chi connectivity index (χ0) is 12.1. The van der Waals surface area contributed by atoms with Gasteiger partial charge in [0.2, 0.25) is 5.91 Å². The van der Waals surface area contributed by atoms with E-state index in [1.165, 1.54) is 0 Å². The second-order valence-electron chi connectivity index (χ2n) is 3.83. The van der Waals surface area contributed by atoms with Crippen LogP contribution in [0.1, 0.15) is 18.7 Å². The summed E-state index contributed by atoms with van der Waals surface area (Å²) < 4.78 is 10.6. The highest BCUT2D eigenvalue weighted by Crippen LogP contribution is 2.22. The molecule has 1 aliphatic rings. The summed E-state index contributed by atoms with van der Waals surface area (Å²) in [6, 6.07) is 1.78. The van der Waals surface area contributed by atoms with Crippen LogP contribution in [0.5, 0.6) is 0 Å². The summed E-state index contributed by atoms with van der Waals surface area (Å²) in [5, 5.41) is 6.79. The van der Waals surface area contributed by atoms with E-state index in [2.05, 4.69) is 10.2 Å². The van der Waals surface area contributed by atoms with E-state index >= 15 is 0 Å². The molecule has 0 aliphatic carbocycles. The second kappa shape index (κ2) is 5.79. The van der Waals surface area contributed by atoms with Crippen molar-refractivity contribution in [3.63, 3.8) is 0 Å². The van der Waals surface area contributed by atoms with Gasteiger partial charge in [-0.05, 0) is 13.0 Å². The third-order valence-corrected chi connectivity index (χ3v) is 2.76. The molecule has 1 atom stereocenters. The SMILES string of the molecule is CCOCC(=O)N1CCOC[C@@H]1c1ccn[nH]1. The number of nitrogens with zero attached hydrogens (tertiary/aromatic N) is 2. The highest BCUT2D eigenvalue weighted by atomic mass is 16.5. The van der Waals surface area contributed by atoms with Crippen molar-refractivity contribution >= 4 is 5.91 Å². The molecule has 1 aliphatic heterocycles. The molecular formula is C11H17N3O3. The number of H-pyrrole nitrogens is 1. The highest BCUT2D eigenvalue weighted by Gasteiger charge is 2.29. The minimum Gasteiger partial charge on any atom is -0.377 e. The summed E-state index contributed by atoms with van der Waals surface area (Å²) >= 11 is 0. The van der Waals surface area contributed by atoms with Crippen LogP contribution >= 0.6 is 0 Å². The highest BCUT2D eigenvalue weighted by molar-refractivity contribution is 5.78. The van der Waals surface area contributed by atoms with Gasteiger partial charge in [-0.15, -0.1) is 0 Å². The Bertz CT molecular complexity index is 353. The van der Waals surface area contributed by atoms with Gasteiger partial charge in [0.25, 0.3) is 0 Å². The van der Waals surface area contributed by atoms with Gasteiger partial charge in [-0.1, -0.05) is 0 Å². The lowest BCUT2D eigenvalue weighted by atomic mass is 10.1. The normalized spacial score (nSPS) is 20.5. The van der Waals surface area contributed by atoms with Crippen LogP contribution in [-0.4, -0.2) is 54.0 Å². The first kappa shape index (κ1) is 12.1. The monoisotopic (exact) mass is 239 g/mol. The van der Waals surface area contributed by atoms with Crippen LogP contribution in [0.15, 0.2) is 12.3 Å². The largest absolute Gasteiger partial charge is 0.377 e. The Morgan fingerprint density at radius 1 is 1.76 bits per heavy atom. The smallest absolute Gasteiger partial charge is 0.249 e. The minimum atomic E-state index is -0.0841. The van der Waals surface area contributed by atoms with Crippen molar-refractivity contribution in [1.29, 1.82) is 0 Å². The Morgan fingerprint density at radius 3 is 3.35 bits per heavy atom. The number of carbonyl (C=O) groups is 1. The molecule has 6 nitrogen and oxygen atoms in total. The third-order valence-electron chi connectivity index (χ3n) is 2.76. The molecule has 2 rings (SSSR count). The van der Waals surface area contributed by atoms with Crippen molar-refractivity contribution in [1.82, 2.24) is 15.1 Å². The van der Waals surface area contributed by atoms with Crippen molar-refractivity contribution in [2.75, 3.05) is 33.0 Å². The summed E-state index contributed by atoms with van der Waals surface area (Å²) in [7, 11) is 0. The Balaban J connectivity index is 2.04. The first-order chi connectivity index (χ1) is 8.33. The van der Waals surface area contributed by atoms with Crippen LogP contribution in [0.25, 0.3) is 0 Å². The molecule has 0 aromatic carbocycles. The van der Waals surface area contributed by atoms with Crippen molar-refractivity contribution in [2.45, 2.75) is 13.0 Å². The Morgan fingerprint density at radius 2 is 2.65 bits per heavy atom. The van der Waals surface area contributed by atoms with Crippen LogP contribution in [0.2, 0.25) is 0 Å². The van der Waals surface area contributed by atoms with Gasteiger partial charge in [-0.25, -0.2) is 0 Å². The van der Waals surface area contributed by atoms with Gasteiger partial charge in [0.1, 0.15) is 6.61 Å². The summed E-state index contributed by atoms with van der Waals surface area (Å²) in [4.78, 5) is 13.8. The Labute approximate surface area is 99.9 Å². The van der Waals surface area contributed by atoms with E-state index in [1.807, 2.05) is 13.0 Å². The zero-order valence-electron chi connectivity index (χ0n) is 9.89. The number of nitrogens with one attached hydrogen (secondary N) is 1. The van der Waals surface area contributed by atoms with E-state index in [0.717, 1.165) is 5.69 Å². The minimum absolute atomic E-state index is 0.00486. The van der Waals surface area contributed by atoms with Crippen LogP contribution in [0.3, 0.4) is 0 Å². The predicted molar refractivity (Wildman–Crippen MR) is 60.4 cm³/mol. The van der Waals surface area contributed by atoms with E-state index in [1.54, 1.807) is 11.1 Å². The van der Waals surface area contributed by atoms with Crippen molar-refractivity contribution in [2.24, 2.45) is 0 Å². The molecule has 0 radical (unpaired) electrons. The maximum absolute atomic E-state index is 12.0. The van der Waals surface area contributed by atoms with E-state index in [9.17, 15) is 4.79 Å². The van der Waals surface area contributed by atoms with Crippen molar-refractivity contribution in [3.8, 4) is 0 Å². The van der Waals surface area contributed by atoms with Gasteiger partial charge in [0.05, 0.1) is 24.9 Å². The van der Waals surface area contributed by atoms with Crippen LogP contribution in [0.4, 0.5) is 0 Å². The van der Waals surface area contributed by atoms with Gasteiger partial charge in [0, 0.05) is 19.3 Å². The molecule has 2 heterocycles. The topological polar surface area (TPSA) is 67.4 Å². The number of aromatic nitrogens is 2. The summed E-state index contributed by atoms with van der Waals surface area (Å²) in [6.45, 7) is 4.21. The van der Waals surface area contributed by atoms with E-state index in [-0.39, 0.29) is 18.6 Å². The second-order valence-corrected chi connectivity index (χ2v) is 3.83. The van der Waals surface area contributed by atoms with Gasteiger partial charge >= 0.3 is 0 Å². The molecule has 0 bridgehead atoms. The standard InChI is InChI=1S/C11H17N3O3/c1-2-16-8-11(15)14-5-6-17-7-10(14)9-3-4-12-13-9/h3-4,10H,2,5-8H2,1H3,(H,12,13)/t10-/m1/s1. The molecule has 94 valence electrons. The number of rotatable bonds is 4. The zero-order valence-corrected chi connectivity index (χ0v) is 9.89. The number of carbonyl (C=O) groups excluding carboxylic acids is 1. The molecule has 0 saturated carbocycles. The van der Waals surface area contributed by atoms with Gasteiger partial charge in [0.15, 0.2) is 0 Å². The molecule has 1 aromatic rings. The van der Waals surface area contributed by atoms with E-state index in [4.69, 9.17) is 9.47 Å². The van der Waals surface area contributed by atoms with Crippen LogP contribution in [0, 0.1) is 0 Å².